The van der Waals surface area contributed by atoms with Crippen molar-refractivity contribution < 1.29 is 4.79 Å². The summed E-state index contributed by atoms with van der Waals surface area (Å²) in [5.41, 5.74) is 0.982. The number of carbonyl (C=O) groups excluding carboxylic acids is 1. The lowest BCUT2D eigenvalue weighted by atomic mass is 10.2. The van der Waals surface area contributed by atoms with Crippen molar-refractivity contribution in [1.82, 2.24) is 20.1 Å². The molecule has 0 aliphatic heterocycles. The van der Waals surface area contributed by atoms with E-state index < -0.39 is 0 Å². The fraction of sp³-hybridized carbons (Fsp3) is 0.400. The predicted molar refractivity (Wildman–Crippen MR) is 92.7 cm³/mol. The molecule has 1 aromatic heterocycles. The minimum absolute atomic E-state index is 0.00649. The van der Waals surface area contributed by atoms with Crippen LogP contribution >= 0.6 is 27.7 Å². The third-order valence-corrected chi connectivity index (χ3v) is 4.63. The monoisotopic (exact) mass is 382 g/mol. The van der Waals surface area contributed by atoms with Crippen LogP contribution in [0, 0.1) is 0 Å². The molecule has 7 heteroatoms. The normalized spacial score (nSPS) is 12.5. The van der Waals surface area contributed by atoms with Crippen molar-refractivity contribution in [3.8, 4) is 11.4 Å². The number of amides is 1. The second-order valence-corrected chi connectivity index (χ2v) is 7.52. The molecule has 2 aromatic rings. The first-order chi connectivity index (χ1) is 10.4. The summed E-state index contributed by atoms with van der Waals surface area (Å²) in [5, 5.41) is 11.9. The van der Waals surface area contributed by atoms with E-state index in [2.05, 4.69) is 31.4 Å². The van der Waals surface area contributed by atoms with Crippen LogP contribution < -0.4 is 5.32 Å². The van der Waals surface area contributed by atoms with Crippen LogP contribution in [0.5, 0.6) is 0 Å². The van der Waals surface area contributed by atoms with Gasteiger partial charge in [0.25, 0.3) is 0 Å². The van der Waals surface area contributed by atoms with Gasteiger partial charge in [0.1, 0.15) is 0 Å². The summed E-state index contributed by atoms with van der Waals surface area (Å²) in [6, 6.07) is 8.03. The average molecular weight is 383 g/mol. The van der Waals surface area contributed by atoms with Crippen LogP contribution in [0.25, 0.3) is 11.4 Å². The minimum atomic E-state index is -0.222. The van der Waals surface area contributed by atoms with Crippen molar-refractivity contribution in [1.29, 1.82) is 0 Å². The lowest BCUT2D eigenvalue weighted by Gasteiger charge is -2.13. The first kappa shape index (κ1) is 17.0. The van der Waals surface area contributed by atoms with Crippen molar-refractivity contribution in [3.05, 3.63) is 28.7 Å². The van der Waals surface area contributed by atoms with E-state index in [1.807, 2.05) is 56.7 Å². The van der Waals surface area contributed by atoms with Crippen LogP contribution in [0.15, 0.2) is 33.9 Å². The molecular formula is C15H19BrN4OS. The Kier molecular flexibility index (Phi) is 5.63. The maximum Gasteiger partial charge on any atom is 0.233 e. The molecule has 1 heterocycles. The molecule has 2 rings (SSSR count). The molecule has 0 radical (unpaired) electrons. The largest absolute Gasteiger partial charge is 0.353 e. The van der Waals surface area contributed by atoms with E-state index in [1.54, 1.807) is 0 Å². The van der Waals surface area contributed by atoms with E-state index in [-0.39, 0.29) is 17.2 Å². The summed E-state index contributed by atoms with van der Waals surface area (Å²) in [6.45, 7) is 5.77. The van der Waals surface area contributed by atoms with Crippen molar-refractivity contribution in [2.45, 2.75) is 37.2 Å². The van der Waals surface area contributed by atoms with Gasteiger partial charge >= 0.3 is 0 Å². The first-order valence-electron chi connectivity index (χ1n) is 7.01. The van der Waals surface area contributed by atoms with Crippen molar-refractivity contribution >= 4 is 33.6 Å². The summed E-state index contributed by atoms with van der Waals surface area (Å²) < 4.78 is 2.90. The fourth-order valence-electron chi connectivity index (χ4n) is 1.91. The Hall–Kier alpha value is -1.34. The molecule has 0 aliphatic carbocycles. The lowest BCUT2D eigenvalue weighted by molar-refractivity contribution is -0.120. The van der Waals surface area contributed by atoms with Gasteiger partial charge in [-0.2, -0.15) is 0 Å². The number of hydrogen-bond donors (Lipinski definition) is 1. The van der Waals surface area contributed by atoms with Crippen molar-refractivity contribution in [2.75, 3.05) is 0 Å². The van der Waals surface area contributed by atoms with Crippen molar-refractivity contribution in [2.24, 2.45) is 7.05 Å². The van der Waals surface area contributed by atoms with Crippen LogP contribution in [-0.4, -0.2) is 32.0 Å². The SMILES string of the molecule is CC(C)NC(=O)[C@H](C)Sc1nnc(-c2cccc(Br)c2)n1C. The quantitative estimate of drug-likeness (QED) is 0.806. The number of halogens is 1. The number of nitrogens with one attached hydrogen (secondary N) is 1. The summed E-state index contributed by atoms with van der Waals surface area (Å²) in [4.78, 5) is 12.0. The molecule has 0 bridgehead atoms. The number of hydrogen-bond acceptors (Lipinski definition) is 4. The van der Waals surface area contributed by atoms with Gasteiger partial charge in [-0.05, 0) is 32.9 Å². The Morgan fingerprint density at radius 2 is 2.05 bits per heavy atom. The van der Waals surface area contributed by atoms with Gasteiger partial charge < -0.3 is 9.88 Å². The topological polar surface area (TPSA) is 59.8 Å². The Balaban J connectivity index is 2.16. The second kappa shape index (κ2) is 7.28. The Morgan fingerprint density at radius 1 is 1.32 bits per heavy atom. The lowest BCUT2D eigenvalue weighted by Crippen LogP contribution is -2.36. The number of nitrogens with zero attached hydrogens (tertiary/aromatic N) is 3. The highest BCUT2D eigenvalue weighted by molar-refractivity contribution is 9.10. The highest BCUT2D eigenvalue weighted by Crippen LogP contribution is 2.27. The van der Waals surface area contributed by atoms with Crippen LogP contribution in [0.3, 0.4) is 0 Å². The number of carbonyl (C=O) groups is 1. The van der Waals surface area contributed by atoms with Gasteiger partial charge in [0.05, 0.1) is 5.25 Å². The minimum Gasteiger partial charge on any atom is -0.353 e. The average Bonchev–Trinajstić information content (AvgIpc) is 2.79. The summed E-state index contributed by atoms with van der Waals surface area (Å²) in [5.74, 6) is 0.785. The molecule has 1 atom stereocenters. The van der Waals surface area contributed by atoms with Gasteiger partial charge in [-0.25, -0.2) is 0 Å². The molecule has 0 unspecified atom stereocenters. The summed E-state index contributed by atoms with van der Waals surface area (Å²) >= 11 is 4.86. The van der Waals surface area contributed by atoms with Gasteiger partial charge in [0, 0.05) is 23.1 Å². The van der Waals surface area contributed by atoms with Crippen LogP contribution in [0.4, 0.5) is 0 Å². The van der Waals surface area contributed by atoms with Crippen LogP contribution in [0.1, 0.15) is 20.8 Å². The standard InChI is InChI=1S/C15H19BrN4OS/c1-9(2)17-14(21)10(3)22-15-19-18-13(20(15)4)11-6-5-7-12(16)8-11/h5-10H,1-4H3,(H,17,21)/t10-/m0/s1. The highest BCUT2D eigenvalue weighted by Gasteiger charge is 2.19. The van der Waals surface area contributed by atoms with Gasteiger partial charge in [-0.1, -0.05) is 39.8 Å². The first-order valence-corrected chi connectivity index (χ1v) is 8.68. The Morgan fingerprint density at radius 3 is 2.68 bits per heavy atom. The molecule has 0 saturated carbocycles. The third kappa shape index (κ3) is 4.10. The maximum atomic E-state index is 12.0. The number of rotatable bonds is 5. The van der Waals surface area contributed by atoms with E-state index in [9.17, 15) is 4.79 Å². The molecule has 0 spiro atoms. The zero-order valence-corrected chi connectivity index (χ0v) is 15.4. The molecule has 22 heavy (non-hydrogen) atoms. The van der Waals surface area contributed by atoms with E-state index in [0.717, 1.165) is 21.0 Å². The molecule has 1 amide bonds. The Labute approximate surface area is 143 Å². The van der Waals surface area contributed by atoms with Gasteiger partial charge in [0.15, 0.2) is 11.0 Å². The van der Waals surface area contributed by atoms with Gasteiger partial charge in [-0.3, -0.25) is 4.79 Å². The van der Waals surface area contributed by atoms with E-state index >= 15 is 0 Å². The third-order valence-electron chi connectivity index (χ3n) is 3.00. The predicted octanol–water partition coefficient (Wildman–Crippen LogP) is 3.25. The number of thioether (sulfide) groups is 1. The molecule has 1 N–H and O–H groups in total. The van der Waals surface area contributed by atoms with E-state index in [1.165, 1.54) is 11.8 Å². The van der Waals surface area contributed by atoms with E-state index in [4.69, 9.17) is 0 Å². The molecule has 5 nitrogen and oxygen atoms in total. The second-order valence-electron chi connectivity index (χ2n) is 5.30. The van der Waals surface area contributed by atoms with E-state index in [0.29, 0.717) is 0 Å². The number of aromatic nitrogens is 3. The van der Waals surface area contributed by atoms with Gasteiger partial charge in [0.2, 0.25) is 5.91 Å². The fourth-order valence-corrected chi connectivity index (χ4v) is 3.13. The molecular weight excluding hydrogens is 364 g/mol. The molecule has 118 valence electrons. The maximum absolute atomic E-state index is 12.0. The summed E-state index contributed by atoms with van der Waals surface area (Å²) in [6.07, 6.45) is 0. The van der Waals surface area contributed by atoms with Crippen LogP contribution in [0.2, 0.25) is 0 Å². The number of benzene rings is 1. The molecule has 0 aliphatic rings. The Bertz CT molecular complexity index is 671. The molecule has 0 saturated heterocycles. The molecule has 0 fully saturated rings. The van der Waals surface area contributed by atoms with Crippen LogP contribution in [-0.2, 0) is 11.8 Å². The highest BCUT2D eigenvalue weighted by atomic mass is 79.9. The van der Waals surface area contributed by atoms with Crippen molar-refractivity contribution in [3.63, 3.8) is 0 Å². The zero-order valence-electron chi connectivity index (χ0n) is 13.0. The molecule has 1 aromatic carbocycles. The van der Waals surface area contributed by atoms with Gasteiger partial charge in [-0.15, -0.1) is 10.2 Å². The smallest absolute Gasteiger partial charge is 0.233 e. The zero-order chi connectivity index (χ0) is 16.3. The summed E-state index contributed by atoms with van der Waals surface area (Å²) in [7, 11) is 1.91.